The molecule has 124 valence electrons. The average Bonchev–Trinajstić information content (AvgIpc) is 2.51. The van der Waals surface area contributed by atoms with E-state index in [1.807, 2.05) is 0 Å². The molecule has 0 radical (unpaired) electrons. The van der Waals surface area contributed by atoms with Gasteiger partial charge in [-0.05, 0) is 49.8 Å². The molecule has 1 aromatic carbocycles. The predicted molar refractivity (Wildman–Crippen MR) is 81.7 cm³/mol. The van der Waals surface area contributed by atoms with Gasteiger partial charge >= 0.3 is 0 Å². The lowest BCUT2D eigenvalue weighted by Gasteiger charge is -2.32. The van der Waals surface area contributed by atoms with Gasteiger partial charge in [-0.2, -0.15) is 0 Å². The van der Waals surface area contributed by atoms with E-state index in [4.69, 9.17) is 9.84 Å². The molecule has 1 atom stereocenters. The van der Waals surface area contributed by atoms with Crippen LogP contribution in [0.3, 0.4) is 0 Å². The Morgan fingerprint density at radius 1 is 1.27 bits per heavy atom. The lowest BCUT2D eigenvalue weighted by molar-refractivity contribution is 0.0618. The fraction of sp³-hybridized carbons (Fsp3) is 0.647. The zero-order valence-electron chi connectivity index (χ0n) is 12.9. The van der Waals surface area contributed by atoms with Crippen LogP contribution in [0, 0.1) is 17.6 Å². The Hall–Kier alpha value is -1.04. The number of aryl methyl sites for hydroxylation is 1. The minimum atomic E-state index is -0.520. The van der Waals surface area contributed by atoms with Gasteiger partial charge in [0.25, 0.3) is 0 Å². The second-order valence-electron chi connectivity index (χ2n) is 5.92. The van der Waals surface area contributed by atoms with E-state index in [9.17, 15) is 8.78 Å². The van der Waals surface area contributed by atoms with Crippen LogP contribution in [0.1, 0.15) is 24.8 Å². The number of likely N-dealkylation sites (tertiary alicyclic amines) is 1. The minimum absolute atomic E-state index is 0.0614. The standard InChI is InChI=1S/C17H25F2NO2/c18-16-6-5-15(17(19)12-16)4-3-14-2-1-7-20(13-14)8-10-22-11-9-21/h5-6,12,14,21H,1-4,7-11,13H2/t14-/m0/s1. The summed E-state index contributed by atoms with van der Waals surface area (Å²) in [6, 6.07) is 3.83. The van der Waals surface area contributed by atoms with Crippen molar-refractivity contribution < 1.29 is 18.6 Å². The van der Waals surface area contributed by atoms with E-state index in [1.54, 1.807) is 6.07 Å². The second-order valence-corrected chi connectivity index (χ2v) is 5.92. The van der Waals surface area contributed by atoms with E-state index < -0.39 is 11.6 Å². The summed E-state index contributed by atoms with van der Waals surface area (Å²) in [6.07, 6.45) is 3.90. The number of aliphatic hydroxyl groups excluding tert-OH is 1. The summed E-state index contributed by atoms with van der Waals surface area (Å²) in [5, 5.41) is 8.67. The highest BCUT2D eigenvalue weighted by Crippen LogP contribution is 2.22. The zero-order chi connectivity index (χ0) is 15.8. The number of piperidine rings is 1. The number of benzene rings is 1. The van der Waals surface area contributed by atoms with Crippen LogP contribution in [0.4, 0.5) is 8.78 Å². The summed E-state index contributed by atoms with van der Waals surface area (Å²) in [4.78, 5) is 2.37. The van der Waals surface area contributed by atoms with Gasteiger partial charge in [-0.25, -0.2) is 8.78 Å². The van der Waals surface area contributed by atoms with Gasteiger partial charge in [-0.15, -0.1) is 0 Å². The highest BCUT2D eigenvalue weighted by atomic mass is 19.1. The average molecular weight is 313 g/mol. The van der Waals surface area contributed by atoms with Gasteiger partial charge in [0.1, 0.15) is 11.6 Å². The maximum atomic E-state index is 13.6. The Morgan fingerprint density at radius 2 is 2.14 bits per heavy atom. The smallest absolute Gasteiger partial charge is 0.129 e. The number of nitrogens with zero attached hydrogens (tertiary/aromatic N) is 1. The van der Waals surface area contributed by atoms with E-state index in [0.29, 0.717) is 31.1 Å². The Balaban J connectivity index is 1.73. The molecule has 22 heavy (non-hydrogen) atoms. The normalized spacial score (nSPS) is 19.5. The Labute approximate surface area is 130 Å². The lowest BCUT2D eigenvalue weighted by Crippen LogP contribution is -2.37. The van der Waals surface area contributed by atoms with Crippen LogP contribution in [0.25, 0.3) is 0 Å². The predicted octanol–water partition coefficient (Wildman–Crippen LogP) is 2.62. The molecule has 0 bridgehead atoms. The van der Waals surface area contributed by atoms with Crippen LogP contribution in [0.2, 0.25) is 0 Å². The van der Waals surface area contributed by atoms with E-state index >= 15 is 0 Å². The van der Waals surface area contributed by atoms with Gasteiger partial charge in [0, 0.05) is 19.2 Å². The molecule has 2 rings (SSSR count). The minimum Gasteiger partial charge on any atom is -0.394 e. The van der Waals surface area contributed by atoms with E-state index in [1.165, 1.54) is 6.07 Å². The summed E-state index contributed by atoms with van der Waals surface area (Å²) < 4.78 is 31.8. The summed E-state index contributed by atoms with van der Waals surface area (Å²) in [6.45, 7) is 4.05. The molecule has 5 heteroatoms. The van der Waals surface area contributed by atoms with Gasteiger partial charge in [-0.3, -0.25) is 0 Å². The van der Waals surface area contributed by atoms with Gasteiger partial charge in [-0.1, -0.05) is 6.07 Å². The third-order valence-corrected chi connectivity index (χ3v) is 4.23. The van der Waals surface area contributed by atoms with Crippen LogP contribution in [-0.4, -0.2) is 49.5 Å². The molecule has 0 aromatic heterocycles. The van der Waals surface area contributed by atoms with E-state index in [2.05, 4.69) is 4.90 Å². The molecule has 1 fully saturated rings. The molecule has 1 heterocycles. The van der Waals surface area contributed by atoms with Crippen LogP contribution in [-0.2, 0) is 11.2 Å². The number of hydrogen-bond acceptors (Lipinski definition) is 3. The highest BCUT2D eigenvalue weighted by Gasteiger charge is 2.20. The molecule has 3 nitrogen and oxygen atoms in total. The van der Waals surface area contributed by atoms with Crippen molar-refractivity contribution in [3.05, 3.63) is 35.4 Å². The third-order valence-electron chi connectivity index (χ3n) is 4.23. The van der Waals surface area contributed by atoms with Crippen LogP contribution in [0.15, 0.2) is 18.2 Å². The first-order chi connectivity index (χ1) is 10.7. The van der Waals surface area contributed by atoms with Crippen molar-refractivity contribution in [2.45, 2.75) is 25.7 Å². The number of hydrogen-bond donors (Lipinski definition) is 1. The Kier molecular flexibility index (Phi) is 7.22. The lowest BCUT2D eigenvalue weighted by atomic mass is 9.91. The van der Waals surface area contributed by atoms with Crippen molar-refractivity contribution in [3.63, 3.8) is 0 Å². The van der Waals surface area contributed by atoms with Crippen LogP contribution in [0.5, 0.6) is 0 Å². The number of halogens is 2. The molecule has 1 aromatic rings. The van der Waals surface area contributed by atoms with Crippen LogP contribution < -0.4 is 0 Å². The first kappa shape index (κ1) is 17.3. The molecule has 1 aliphatic rings. The SMILES string of the molecule is OCCOCCN1CCC[C@@H](CCc2ccc(F)cc2F)C1. The Morgan fingerprint density at radius 3 is 2.91 bits per heavy atom. The number of aliphatic hydroxyl groups is 1. The zero-order valence-corrected chi connectivity index (χ0v) is 12.9. The summed E-state index contributed by atoms with van der Waals surface area (Å²) in [5.74, 6) is -0.408. The third kappa shape index (κ3) is 5.63. The Bertz CT molecular complexity index is 456. The molecule has 0 spiro atoms. The maximum Gasteiger partial charge on any atom is 0.129 e. The molecule has 0 aliphatic carbocycles. The molecule has 1 saturated heterocycles. The molecule has 0 amide bonds. The van der Waals surface area contributed by atoms with Crippen molar-refractivity contribution in [2.75, 3.05) is 39.5 Å². The summed E-state index contributed by atoms with van der Waals surface area (Å²) in [5.41, 5.74) is 0.602. The maximum absolute atomic E-state index is 13.6. The first-order valence-corrected chi connectivity index (χ1v) is 8.04. The largest absolute Gasteiger partial charge is 0.394 e. The quantitative estimate of drug-likeness (QED) is 0.749. The topological polar surface area (TPSA) is 32.7 Å². The molecular formula is C17H25F2NO2. The van der Waals surface area contributed by atoms with Gasteiger partial charge in [0.05, 0.1) is 19.8 Å². The number of ether oxygens (including phenoxy) is 1. The van der Waals surface area contributed by atoms with Crippen molar-refractivity contribution in [1.82, 2.24) is 4.90 Å². The number of rotatable bonds is 8. The molecule has 1 aliphatic heterocycles. The van der Waals surface area contributed by atoms with Crippen molar-refractivity contribution in [3.8, 4) is 0 Å². The van der Waals surface area contributed by atoms with Crippen LogP contribution >= 0.6 is 0 Å². The fourth-order valence-corrected chi connectivity index (χ4v) is 3.03. The van der Waals surface area contributed by atoms with Crippen molar-refractivity contribution >= 4 is 0 Å². The highest BCUT2D eigenvalue weighted by molar-refractivity contribution is 5.18. The molecule has 0 unspecified atom stereocenters. The monoisotopic (exact) mass is 313 g/mol. The second kappa shape index (κ2) is 9.18. The molecule has 1 N–H and O–H groups in total. The van der Waals surface area contributed by atoms with Gasteiger partial charge in [0.2, 0.25) is 0 Å². The van der Waals surface area contributed by atoms with Gasteiger partial charge in [0.15, 0.2) is 0 Å². The summed E-state index contributed by atoms with van der Waals surface area (Å²) in [7, 11) is 0. The summed E-state index contributed by atoms with van der Waals surface area (Å²) >= 11 is 0. The molecule has 0 saturated carbocycles. The van der Waals surface area contributed by atoms with Gasteiger partial charge < -0.3 is 14.7 Å². The fourth-order valence-electron chi connectivity index (χ4n) is 3.03. The first-order valence-electron chi connectivity index (χ1n) is 8.04. The van der Waals surface area contributed by atoms with Crippen molar-refractivity contribution in [1.29, 1.82) is 0 Å². The molecular weight excluding hydrogens is 288 g/mol. The van der Waals surface area contributed by atoms with Crippen molar-refractivity contribution in [2.24, 2.45) is 5.92 Å². The van der Waals surface area contributed by atoms with E-state index in [0.717, 1.165) is 45.0 Å². The van der Waals surface area contributed by atoms with E-state index in [-0.39, 0.29) is 6.61 Å².